The predicted molar refractivity (Wildman–Crippen MR) is 86.0 cm³/mol. The second-order valence-electron chi connectivity index (χ2n) is 5.90. The van der Waals surface area contributed by atoms with Crippen molar-refractivity contribution in [3.05, 3.63) is 16.7 Å². The van der Waals surface area contributed by atoms with Gasteiger partial charge in [0.2, 0.25) is 5.03 Å². The molecule has 3 rings (SSSR count). The van der Waals surface area contributed by atoms with Gasteiger partial charge >= 0.3 is 5.82 Å². The van der Waals surface area contributed by atoms with Crippen LogP contribution in [0, 0.1) is 11.3 Å². The zero-order valence-electron chi connectivity index (χ0n) is 12.7. The Morgan fingerprint density at radius 2 is 1.76 bits per heavy atom. The summed E-state index contributed by atoms with van der Waals surface area (Å²) in [5, 5.41) is 10.5. The first-order valence-corrected chi connectivity index (χ1v) is 9.08. The second kappa shape index (κ2) is 6.15. The van der Waals surface area contributed by atoms with Gasteiger partial charge in [0.15, 0.2) is 0 Å². The summed E-state index contributed by atoms with van der Waals surface area (Å²) in [5.74, 6) is 7.60. The lowest BCUT2D eigenvalue weighted by Gasteiger charge is -2.28. The third-order valence-electron chi connectivity index (χ3n) is 4.66. The van der Waals surface area contributed by atoms with Crippen molar-refractivity contribution in [3.63, 3.8) is 0 Å². The molecule has 4 nitrogen and oxygen atoms in total. The Hall–Kier alpha value is -1.41. The van der Waals surface area contributed by atoms with E-state index in [1.807, 2.05) is 6.26 Å². The second-order valence-corrected chi connectivity index (χ2v) is 6.70. The van der Waals surface area contributed by atoms with Crippen LogP contribution in [0.15, 0.2) is 5.03 Å². The minimum Gasteiger partial charge on any atom is -0.268 e. The molecule has 5 heteroatoms. The van der Waals surface area contributed by atoms with Crippen LogP contribution in [0.4, 0.5) is 5.82 Å². The molecule has 2 N–H and O–H groups in total. The Kier molecular flexibility index (Phi) is 4.25. The van der Waals surface area contributed by atoms with Crippen LogP contribution >= 0.6 is 11.8 Å². The monoisotopic (exact) mass is 303 g/mol. The Balaban J connectivity index is 2.20. The number of rotatable bonds is 2. The number of hydrogen-bond acceptors (Lipinski definition) is 4. The van der Waals surface area contributed by atoms with Gasteiger partial charge in [0.25, 0.3) is 0 Å². The lowest BCUT2D eigenvalue weighted by atomic mass is 9.89. The molecular weight excluding hydrogens is 280 g/mol. The molecule has 0 unspecified atom stereocenters. The smallest absolute Gasteiger partial charge is 0.268 e. The molecular formula is C16H23N4S+. The summed E-state index contributed by atoms with van der Waals surface area (Å²) in [6.07, 6.45) is 10.3. The number of anilines is 1. The Morgan fingerprint density at radius 3 is 2.38 bits per heavy atom. The lowest BCUT2D eigenvalue weighted by Crippen LogP contribution is -2.54. The molecule has 112 valence electrons. The van der Waals surface area contributed by atoms with Crippen LogP contribution in [0.3, 0.4) is 0 Å². The van der Waals surface area contributed by atoms with E-state index in [-0.39, 0.29) is 0 Å². The van der Waals surface area contributed by atoms with E-state index in [1.165, 1.54) is 49.0 Å². The van der Waals surface area contributed by atoms with Crippen LogP contribution in [-0.2, 0) is 12.8 Å². The van der Waals surface area contributed by atoms with Crippen molar-refractivity contribution >= 4 is 17.6 Å². The Morgan fingerprint density at radius 1 is 1.10 bits per heavy atom. The van der Waals surface area contributed by atoms with Gasteiger partial charge in [-0.15, -0.1) is 4.68 Å². The maximum Gasteiger partial charge on any atom is 0.304 e. The van der Waals surface area contributed by atoms with Crippen molar-refractivity contribution in [2.75, 3.05) is 30.1 Å². The van der Waals surface area contributed by atoms with Crippen LogP contribution in [0.25, 0.3) is 0 Å². The zero-order chi connectivity index (χ0) is 14.8. The fraction of sp³-hybridized carbons (Fsp3) is 0.625. The predicted octanol–water partition coefficient (Wildman–Crippen LogP) is 2.15. The number of thioether (sulfide) groups is 1. The van der Waals surface area contributed by atoms with Crippen LogP contribution in [-0.4, -0.2) is 19.3 Å². The number of fused-ring (bicyclic) bond motifs is 1. The molecule has 0 radical (unpaired) electrons. The molecule has 1 aromatic heterocycles. The molecule has 0 aromatic carbocycles. The first-order chi connectivity index (χ1) is 10.3. The van der Waals surface area contributed by atoms with Crippen molar-refractivity contribution in [1.29, 1.82) is 5.26 Å². The first kappa shape index (κ1) is 14.5. The molecule has 2 heterocycles. The maximum atomic E-state index is 9.59. The lowest BCUT2D eigenvalue weighted by molar-refractivity contribution is -0.665. The van der Waals surface area contributed by atoms with E-state index >= 15 is 0 Å². The molecule has 1 fully saturated rings. The Bertz CT molecular complexity index is 585. The molecule has 1 aliphatic heterocycles. The van der Waals surface area contributed by atoms with E-state index in [0.717, 1.165) is 36.5 Å². The molecule has 0 atom stereocenters. The largest absolute Gasteiger partial charge is 0.304 e. The Labute approximate surface area is 130 Å². The van der Waals surface area contributed by atoms with Gasteiger partial charge in [-0.1, -0.05) is 11.8 Å². The zero-order valence-corrected chi connectivity index (χ0v) is 13.5. The maximum absolute atomic E-state index is 9.59. The normalized spacial score (nSPS) is 18.2. The molecule has 21 heavy (non-hydrogen) atoms. The van der Waals surface area contributed by atoms with Gasteiger partial charge in [-0.05, 0) is 56.8 Å². The van der Waals surface area contributed by atoms with Crippen LogP contribution < -0.4 is 15.4 Å². The number of aromatic nitrogens is 1. The van der Waals surface area contributed by atoms with E-state index in [4.69, 9.17) is 5.84 Å². The van der Waals surface area contributed by atoms with Crippen molar-refractivity contribution in [3.8, 4) is 6.07 Å². The van der Waals surface area contributed by atoms with Gasteiger partial charge in [0.1, 0.15) is 11.6 Å². The number of nitriles is 1. The van der Waals surface area contributed by atoms with Gasteiger partial charge in [-0.3, -0.25) is 10.7 Å². The third-order valence-corrected chi connectivity index (χ3v) is 5.45. The summed E-state index contributed by atoms with van der Waals surface area (Å²) in [6, 6.07) is 2.41. The average Bonchev–Trinajstić information content (AvgIpc) is 2.54. The molecule has 1 saturated heterocycles. The number of piperidine rings is 1. The fourth-order valence-corrected chi connectivity index (χ4v) is 4.34. The summed E-state index contributed by atoms with van der Waals surface area (Å²) >= 11 is 1.59. The molecule has 0 spiro atoms. The fourth-order valence-electron chi connectivity index (χ4n) is 3.68. The van der Waals surface area contributed by atoms with Gasteiger partial charge in [0.05, 0.1) is 13.1 Å². The number of nitrogens with zero attached hydrogens (tertiary/aromatic N) is 3. The summed E-state index contributed by atoms with van der Waals surface area (Å²) < 4.78 is 1.79. The standard InChI is InChI=1S/C16H23N4S/c1-21-16-14(11-17)12-7-3-4-8-13(12)15(20(16)18)19-9-5-2-6-10-19/h2-10,18H2,1H3/q+1. The highest BCUT2D eigenvalue weighted by atomic mass is 32.2. The molecule has 1 aromatic rings. The van der Waals surface area contributed by atoms with Crippen molar-refractivity contribution < 1.29 is 4.68 Å². The summed E-state index contributed by atoms with van der Waals surface area (Å²) in [6.45, 7) is 2.17. The van der Waals surface area contributed by atoms with E-state index in [2.05, 4.69) is 11.0 Å². The molecule has 1 aliphatic carbocycles. The van der Waals surface area contributed by atoms with Gasteiger partial charge in [-0.25, -0.2) is 0 Å². The summed E-state index contributed by atoms with van der Waals surface area (Å²) in [5.41, 5.74) is 3.40. The van der Waals surface area contributed by atoms with Crippen LogP contribution in [0.5, 0.6) is 0 Å². The highest BCUT2D eigenvalue weighted by Crippen LogP contribution is 2.34. The van der Waals surface area contributed by atoms with Crippen molar-refractivity contribution in [1.82, 2.24) is 0 Å². The third kappa shape index (κ3) is 2.46. The minimum atomic E-state index is 0.806. The summed E-state index contributed by atoms with van der Waals surface area (Å²) in [4.78, 5) is 2.44. The molecule has 0 saturated carbocycles. The number of pyridine rings is 1. The molecule has 2 aliphatic rings. The highest BCUT2D eigenvalue weighted by Gasteiger charge is 2.33. The quantitative estimate of drug-likeness (QED) is 0.517. The van der Waals surface area contributed by atoms with E-state index in [1.54, 1.807) is 16.4 Å². The van der Waals surface area contributed by atoms with E-state index in [0.29, 0.717) is 0 Å². The minimum absolute atomic E-state index is 0.806. The number of nitrogen functional groups attached to an aromatic ring is 1. The molecule has 0 amide bonds. The van der Waals surface area contributed by atoms with Crippen LogP contribution in [0.1, 0.15) is 48.8 Å². The summed E-state index contributed by atoms with van der Waals surface area (Å²) in [7, 11) is 0. The van der Waals surface area contributed by atoms with Gasteiger partial charge in [0, 0.05) is 5.56 Å². The topological polar surface area (TPSA) is 56.9 Å². The average molecular weight is 303 g/mol. The van der Waals surface area contributed by atoms with Crippen molar-refractivity contribution in [2.45, 2.75) is 50.0 Å². The first-order valence-electron chi connectivity index (χ1n) is 7.85. The van der Waals surface area contributed by atoms with Crippen molar-refractivity contribution in [2.24, 2.45) is 0 Å². The van der Waals surface area contributed by atoms with E-state index < -0.39 is 0 Å². The van der Waals surface area contributed by atoms with Crippen LogP contribution in [0.2, 0.25) is 0 Å². The SMILES string of the molecule is CSc1c(C#N)c2c(c(N3CCCCC3)[n+]1N)CCCC2. The van der Waals surface area contributed by atoms with E-state index in [9.17, 15) is 5.26 Å². The van der Waals surface area contributed by atoms with Gasteiger partial charge < -0.3 is 0 Å². The molecule has 0 bridgehead atoms. The number of hydrogen-bond donors (Lipinski definition) is 1. The van der Waals surface area contributed by atoms with Gasteiger partial charge in [-0.2, -0.15) is 5.26 Å². The number of nitrogens with two attached hydrogens (primary N) is 1. The highest BCUT2D eigenvalue weighted by molar-refractivity contribution is 7.98.